The molecular formula is C20H37N3O2. The van der Waals surface area contributed by atoms with Gasteiger partial charge in [0.25, 0.3) is 0 Å². The highest BCUT2D eigenvalue weighted by Gasteiger charge is 2.33. The Bertz CT molecular complexity index is 456. The largest absolute Gasteiger partial charge is 0.356 e. The van der Waals surface area contributed by atoms with Gasteiger partial charge >= 0.3 is 0 Å². The molecule has 4 atom stereocenters. The van der Waals surface area contributed by atoms with E-state index in [1.165, 1.54) is 6.42 Å². The summed E-state index contributed by atoms with van der Waals surface area (Å²) in [5.74, 6) is 2.08. The molecule has 2 heterocycles. The van der Waals surface area contributed by atoms with Gasteiger partial charge in [0, 0.05) is 32.1 Å². The van der Waals surface area contributed by atoms with Gasteiger partial charge in [-0.3, -0.25) is 14.5 Å². The van der Waals surface area contributed by atoms with E-state index in [-0.39, 0.29) is 23.8 Å². The lowest BCUT2D eigenvalue weighted by Gasteiger charge is -2.41. The molecule has 144 valence electrons. The molecule has 0 bridgehead atoms. The van der Waals surface area contributed by atoms with Gasteiger partial charge in [0.15, 0.2) is 0 Å². The van der Waals surface area contributed by atoms with Gasteiger partial charge < -0.3 is 10.2 Å². The van der Waals surface area contributed by atoms with E-state index >= 15 is 0 Å². The number of hydrogen-bond donors (Lipinski definition) is 1. The molecule has 2 aliphatic heterocycles. The minimum atomic E-state index is -0.0545. The lowest BCUT2D eigenvalue weighted by atomic mass is 9.91. The maximum atomic E-state index is 13.0. The fourth-order valence-electron chi connectivity index (χ4n) is 4.33. The number of nitrogens with one attached hydrogen (secondary N) is 1. The van der Waals surface area contributed by atoms with Gasteiger partial charge in [-0.15, -0.1) is 0 Å². The highest BCUT2D eigenvalue weighted by atomic mass is 16.2. The Morgan fingerprint density at radius 2 is 1.72 bits per heavy atom. The van der Waals surface area contributed by atoms with Crippen molar-refractivity contribution in [1.82, 2.24) is 15.1 Å². The number of carbonyl (C=O) groups is 2. The Morgan fingerprint density at radius 1 is 1.08 bits per heavy atom. The fourth-order valence-corrected chi connectivity index (χ4v) is 4.33. The van der Waals surface area contributed by atoms with Crippen LogP contribution in [0.4, 0.5) is 0 Å². The summed E-state index contributed by atoms with van der Waals surface area (Å²) in [7, 11) is 0. The van der Waals surface area contributed by atoms with Crippen LogP contribution in [0.3, 0.4) is 0 Å². The normalized spacial score (nSPS) is 29.5. The second kappa shape index (κ2) is 9.02. The van der Waals surface area contributed by atoms with E-state index in [1.807, 2.05) is 13.8 Å². The molecule has 2 rings (SSSR count). The van der Waals surface area contributed by atoms with Crippen molar-refractivity contribution in [2.24, 2.45) is 23.7 Å². The molecule has 0 saturated carbocycles. The average Bonchev–Trinajstić information content (AvgIpc) is 2.57. The van der Waals surface area contributed by atoms with Crippen molar-refractivity contribution >= 4 is 11.8 Å². The molecule has 0 aromatic rings. The van der Waals surface area contributed by atoms with Crippen LogP contribution in [0.5, 0.6) is 0 Å². The molecule has 2 amide bonds. The second-order valence-electron chi connectivity index (χ2n) is 8.77. The van der Waals surface area contributed by atoms with E-state index in [9.17, 15) is 9.59 Å². The highest BCUT2D eigenvalue weighted by Crippen LogP contribution is 2.24. The molecule has 0 aromatic carbocycles. The summed E-state index contributed by atoms with van der Waals surface area (Å²) in [6.45, 7) is 14.8. The lowest BCUT2D eigenvalue weighted by Crippen LogP contribution is -2.54. The molecule has 0 aromatic heterocycles. The van der Waals surface area contributed by atoms with Crippen LogP contribution in [-0.2, 0) is 9.59 Å². The quantitative estimate of drug-likeness (QED) is 0.827. The summed E-state index contributed by atoms with van der Waals surface area (Å²) in [5.41, 5.74) is 0. The van der Waals surface area contributed by atoms with E-state index in [0.717, 1.165) is 45.6 Å². The third-order valence-electron chi connectivity index (χ3n) is 5.73. The summed E-state index contributed by atoms with van der Waals surface area (Å²) in [6, 6.07) is -0.0545. The molecule has 0 radical (unpaired) electrons. The summed E-state index contributed by atoms with van der Waals surface area (Å²) in [6.07, 6.45) is 3.46. The number of carbonyl (C=O) groups excluding carboxylic acids is 2. The van der Waals surface area contributed by atoms with E-state index in [0.29, 0.717) is 17.8 Å². The zero-order chi connectivity index (χ0) is 18.6. The van der Waals surface area contributed by atoms with Crippen LogP contribution in [0.25, 0.3) is 0 Å². The summed E-state index contributed by atoms with van der Waals surface area (Å²) in [5, 5.41) is 3.05. The van der Waals surface area contributed by atoms with Gasteiger partial charge in [-0.25, -0.2) is 0 Å². The number of piperidine rings is 2. The molecule has 0 aliphatic carbocycles. The molecule has 5 heteroatoms. The van der Waals surface area contributed by atoms with Crippen LogP contribution in [0.15, 0.2) is 0 Å². The first-order valence-electron chi connectivity index (χ1n) is 10.1. The van der Waals surface area contributed by atoms with Crippen LogP contribution in [0.1, 0.15) is 53.9 Å². The molecule has 2 aliphatic rings. The SMILES string of the molecule is CC1CC(C)CN(C(=O)C(C)N2CCCC(CNC(=O)C(C)C)C2)C1. The first-order valence-corrected chi connectivity index (χ1v) is 10.1. The minimum absolute atomic E-state index is 0.0308. The van der Waals surface area contributed by atoms with Crippen molar-refractivity contribution in [1.29, 1.82) is 0 Å². The second-order valence-corrected chi connectivity index (χ2v) is 8.77. The Labute approximate surface area is 153 Å². The van der Waals surface area contributed by atoms with Crippen molar-refractivity contribution in [2.45, 2.75) is 59.9 Å². The average molecular weight is 352 g/mol. The third kappa shape index (κ3) is 5.70. The Morgan fingerprint density at radius 3 is 2.32 bits per heavy atom. The third-order valence-corrected chi connectivity index (χ3v) is 5.73. The van der Waals surface area contributed by atoms with E-state index in [2.05, 4.69) is 35.9 Å². The molecular weight excluding hydrogens is 314 g/mol. The van der Waals surface area contributed by atoms with Gasteiger partial charge in [0.2, 0.25) is 11.8 Å². The topological polar surface area (TPSA) is 52.7 Å². The fraction of sp³-hybridized carbons (Fsp3) is 0.900. The van der Waals surface area contributed by atoms with Crippen molar-refractivity contribution in [3.8, 4) is 0 Å². The summed E-state index contributed by atoms with van der Waals surface area (Å²) in [4.78, 5) is 29.2. The first-order chi connectivity index (χ1) is 11.8. The predicted molar refractivity (Wildman–Crippen MR) is 101 cm³/mol. The molecule has 4 unspecified atom stereocenters. The van der Waals surface area contributed by atoms with E-state index < -0.39 is 0 Å². The molecule has 0 spiro atoms. The Kier molecular flexibility index (Phi) is 7.29. The van der Waals surface area contributed by atoms with Crippen molar-refractivity contribution in [3.63, 3.8) is 0 Å². The number of likely N-dealkylation sites (tertiary alicyclic amines) is 2. The van der Waals surface area contributed by atoms with Crippen molar-refractivity contribution < 1.29 is 9.59 Å². The van der Waals surface area contributed by atoms with Gasteiger partial charge in [0.05, 0.1) is 6.04 Å². The summed E-state index contributed by atoms with van der Waals surface area (Å²) < 4.78 is 0. The highest BCUT2D eigenvalue weighted by molar-refractivity contribution is 5.81. The lowest BCUT2D eigenvalue weighted by molar-refractivity contribution is -0.140. The predicted octanol–water partition coefficient (Wildman–Crippen LogP) is 2.36. The minimum Gasteiger partial charge on any atom is -0.356 e. The van der Waals surface area contributed by atoms with Gasteiger partial charge in [-0.1, -0.05) is 27.7 Å². The van der Waals surface area contributed by atoms with Crippen molar-refractivity contribution in [2.75, 3.05) is 32.7 Å². The monoisotopic (exact) mass is 351 g/mol. The van der Waals surface area contributed by atoms with E-state index in [4.69, 9.17) is 0 Å². The maximum Gasteiger partial charge on any atom is 0.239 e. The van der Waals surface area contributed by atoms with Crippen LogP contribution in [-0.4, -0.2) is 60.4 Å². The van der Waals surface area contributed by atoms with Gasteiger partial charge in [-0.05, 0) is 50.5 Å². The zero-order valence-electron chi connectivity index (χ0n) is 16.8. The van der Waals surface area contributed by atoms with Gasteiger partial charge in [-0.2, -0.15) is 0 Å². The first kappa shape index (κ1) is 20.2. The van der Waals surface area contributed by atoms with Gasteiger partial charge in [0.1, 0.15) is 0 Å². The van der Waals surface area contributed by atoms with Crippen molar-refractivity contribution in [3.05, 3.63) is 0 Å². The van der Waals surface area contributed by atoms with Crippen LogP contribution >= 0.6 is 0 Å². The standard InChI is InChI=1S/C20H37N3O2/c1-14(2)19(24)21-10-18-7-6-8-22(13-18)17(5)20(25)23-11-15(3)9-16(4)12-23/h14-18H,6-13H2,1-5H3,(H,21,24). The van der Waals surface area contributed by atoms with Crippen LogP contribution in [0.2, 0.25) is 0 Å². The maximum absolute atomic E-state index is 13.0. The zero-order valence-corrected chi connectivity index (χ0v) is 16.8. The number of rotatable bonds is 5. The smallest absolute Gasteiger partial charge is 0.239 e. The van der Waals surface area contributed by atoms with Crippen LogP contribution in [0, 0.1) is 23.7 Å². The molecule has 25 heavy (non-hydrogen) atoms. The number of nitrogens with zero attached hydrogens (tertiary/aromatic N) is 2. The molecule has 2 fully saturated rings. The Balaban J connectivity index is 1.86. The van der Waals surface area contributed by atoms with Crippen LogP contribution < -0.4 is 5.32 Å². The molecule has 1 N–H and O–H groups in total. The summed E-state index contributed by atoms with van der Waals surface area (Å²) >= 11 is 0. The molecule has 2 saturated heterocycles. The van der Waals surface area contributed by atoms with E-state index in [1.54, 1.807) is 0 Å². The molecule has 5 nitrogen and oxygen atoms in total. The number of amides is 2. The number of hydrogen-bond acceptors (Lipinski definition) is 3. The Hall–Kier alpha value is -1.10.